The second-order valence-electron chi connectivity index (χ2n) is 12.8. The van der Waals surface area contributed by atoms with Crippen LogP contribution in [0.25, 0.3) is 60.5 Å². The Morgan fingerprint density at radius 2 is 1.29 bits per heavy atom. The van der Waals surface area contributed by atoms with E-state index >= 15 is 0 Å². The molecular formula is C42H24O10. The number of hydrogen-bond donors (Lipinski definition) is 4. The molecule has 252 valence electrons. The van der Waals surface area contributed by atoms with E-state index in [-0.39, 0.29) is 68.5 Å². The molecule has 1 unspecified atom stereocenters. The number of phenols is 2. The third kappa shape index (κ3) is 4.51. The lowest BCUT2D eigenvalue weighted by molar-refractivity contribution is -0.116. The Morgan fingerprint density at radius 1 is 0.654 bits per heavy atom. The van der Waals surface area contributed by atoms with E-state index in [9.17, 15) is 39.6 Å². The summed E-state index contributed by atoms with van der Waals surface area (Å²) >= 11 is 0. The lowest BCUT2D eigenvalue weighted by Gasteiger charge is -2.33. The molecule has 2 aliphatic carbocycles. The van der Waals surface area contributed by atoms with Crippen LogP contribution in [0.1, 0.15) is 38.3 Å². The highest BCUT2D eigenvalue weighted by Gasteiger charge is 2.36. The van der Waals surface area contributed by atoms with Crippen molar-refractivity contribution in [1.29, 1.82) is 0 Å². The molecule has 0 spiro atoms. The third-order valence-electron chi connectivity index (χ3n) is 9.81. The van der Waals surface area contributed by atoms with Crippen LogP contribution in [0, 0.1) is 0 Å². The average Bonchev–Trinajstić information content (AvgIpc) is 3.12. The summed E-state index contributed by atoms with van der Waals surface area (Å²) in [5.74, 6) is -2.80. The second kappa shape index (κ2) is 11.2. The van der Waals surface area contributed by atoms with Crippen LogP contribution in [0.3, 0.4) is 0 Å². The maximum absolute atomic E-state index is 13.4. The Morgan fingerprint density at radius 3 is 2.02 bits per heavy atom. The second-order valence-corrected chi connectivity index (χ2v) is 12.8. The van der Waals surface area contributed by atoms with Crippen LogP contribution < -0.4 is 10.2 Å². The largest absolute Gasteiger partial charge is 0.507 e. The van der Waals surface area contributed by atoms with Crippen molar-refractivity contribution in [3.8, 4) is 39.7 Å². The van der Waals surface area contributed by atoms with Crippen LogP contribution >= 0.6 is 0 Å². The molecular weight excluding hydrogens is 664 g/mol. The Bertz CT molecular complexity index is 2870. The van der Waals surface area contributed by atoms with E-state index in [1.54, 1.807) is 54.6 Å². The van der Waals surface area contributed by atoms with Crippen molar-refractivity contribution in [1.82, 2.24) is 0 Å². The molecule has 0 saturated heterocycles. The number of ether oxygens (including phenoxy) is 1. The molecule has 5 aromatic rings. The van der Waals surface area contributed by atoms with Crippen molar-refractivity contribution >= 4 is 55.8 Å². The molecule has 52 heavy (non-hydrogen) atoms. The van der Waals surface area contributed by atoms with E-state index < -0.39 is 18.0 Å². The van der Waals surface area contributed by atoms with Crippen molar-refractivity contribution in [3.63, 3.8) is 0 Å². The van der Waals surface area contributed by atoms with Gasteiger partial charge in [-0.3, -0.25) is 9.59 Å². The molecule has 5 aromatic carbocycles. The number of carbonyl (C=O) groups is 3. The first-order chi connectivity index (χ1) is 25.1. The highest BCUT2D eigenvalue weighted by molar-refractivity contribution is 6.20. The molecule has 10 nitrogen and oxygen atoms in total. The standard InChI is InChI=1S/C42H24O10/c43-19-9-11-25-33(13-19)51-35-17-31(45)21-5-1-3-7-23(21)39(35)37(25)27-15-30(42(49)50)28(16-29(27)41(47)48)38-26-12-10-20(44)14-34(26)52-36-18-32(46)22-6-2-4-8-24(22)40(36)38/h1-13,15-18,34,45-46H,14H2,(H,47,48)(H,49,50). The van der Waals surface area contributed by atoms with Gasteiger partial charge >= 0.3 is 11.9 Å². The van der Waals surface area contributed by atoms with Gasteiger partial charge in [0.2, 0.25) is 0 Å². The maximum atomic E-state index is 13.4. The summed E-state index contributed by atoms with van der Waals surface area (Å²) in [4.78, 5) is 51.8. The number of rotatable bonds is 4. The Kier molecular flexibility index (Phi) is 6.61. The van der Waals surface area contributed by atoms with Gasteiger partial charge in [-0.15, -0.1) is 0 Å². The van der Waals surface area contributed by atoms with E-state index in [1.165, 1.54) is 48.5 Å². The number of aromatic carboxylic acids is 2. The van der Waals surface area contributed by atoms with Crippen LogP contribution in [0.15, 0.2) is 118 Å². The van der Waals surface area contributed by atoms with E-state index in [0.717, 1.165) is 0 Å². The Hall–Kier alpha value is -7.20. The van der Waals surface area contributed by atoms with Gasteiger partial charge in [-0.1, -0.05) is 54.6 Å². The first-order valence-corrected chi connectivity index (χ1v) is 16.2. The van der Waals surface area contributed by atoms with Crippen LogP contribution in [0.4, 0.5) is 0 Å². The van der Waals surface area contributed by atoms with Gasteiger partial charge in [-0.25, -0.2) is 9.59 Å². The molecule has 0 amide bonds. The normalized spacial score (nSPS) is 15.2. The fourth-order valence-corrected chi connectivity index (χ4v) is 7.63. The number of aromatic hydroxyl groups is 2. The molecule has 2 aliphatic heterocycles. The SMILES string of the molecule is O=C1C=CC2=C(c3cc(C(=O)O)c(-c4c5ccc(=O)cc-5oc5cc(O)c6ccccc6c45)cc3C(=O)O)c3c(cc(O)c4ccccc34)OC2C1. The summed E-state index contributed by atoms with van der Waals surface area (Å²) in [6, 6.07) is 23.4. The summed E-state index contributed by atoms with van der Waals surface area (Å²) in [5.41, 5.74) is 1.28. The first-order valence-electron chi connectivity index (χ1n) is 16.2. The van der Waals surface area contributed by atoms with Crippen LogP contribution in [0.5, 0.6) is 17.2 Å². The molecule has 9 rings (SSSR count). The quantitative estimate of drug-likeness (QED) is 0.106. The lowest BCUT2D eigenvalue weighted by Crippen LogP contribution is -2.29. The number of carboxylic acids is 2. The smallest absolute Gasteiger partial charge is 0.336 e. The van der Waals surface area contributed by atoms with Crippen molar-refractivity contribution in [3.05, 3.63) is 141 Å². The van der Waals surface area contributed by atoms with Crippen LogP contribution in [-0.4, -0.2) is 44.3 Å². The number of allylic oxidation sites excluding steroid dienone is 1. The fourth-order valence-electron chi connectivity index (χ4n) is 7.63. The highest BCUT2D eigenvalue weighted by Crippen LogP contribution is 2.51. The van der Waals surface area contributed by atoms with Gasteiger partial charge in [0.1, 0.15) is 34.7 Å². The third-order valence-corrected chi connectivity index (χ3v) is 9.81. The van der Waals surface area contributed by atoms with Crippen molar-refractivity contribution in [2.24, 2.45) is 0 Å². The number of hydrogen-bond acceptors (Lipinski definition) is 8. The Labute approximate surface area is 292 Å². The number of benzene rings is 6. The van der Waals surface area contributed by atoms with Crippen molar-refractivity contribution in [2.45, 2.75) is 12.5 Å². The predicted octanol–water partition coefficient (Wildman–Crippen LogP) is 7.77. The number of fused-ring (bicyclic) bond motifs is 8. The molecule has 0 bridgehead atoms. The van der Waals surface area contributed by atoms with E-state index in [1.807, 2.05) is 0 Å². The minimum atomic E-state index is -1.36. The molecule has 2 heterocycles. The van der Waals surface area contributed by atoms with Gasteiger partial charge in [0.25, 0.3) is 0 Å². The monoisotopic (exact) mass is 688 g/mol. The van der Waals surface area contributed by atoms with Gasteiger partial charge in [0, 0.05) is 62.2 Å². The van der Waals surface area contributed by atoms with Gasteiger partial charge in [-0.2, -0.15) is 0 Å². The van der Waals surface area contributed by atoms with Gasteiger partial charge in [0.15, 0.2) is 11.2 Å². The van der Waals surface area contributed by atoms with Crippen LogP contribution in [-0.2, 0) is 4.79 Å². The molecule has 4 N–H and O–H groups in total. The number of carboxylic acid groups (broad SMARTS) is 2. The minimum absolute atomic E-state index is 0.0355. The van der Waals surface area contributed by atoms with Crippen molar-refractivity contribution in [2.75, 3.05) is 0 Å². The zero-order valence-electron chi connectivity index (χ0n) is 26.8. The lowest BCUT2D eigenvalue weighted by atomic mass is 9.79. The highest BCUT2D eigenvalue weighted by atomic mass is 16.5. The van der Waals surface area contributed by atoms with E-state index in [4.69, 9.17) is 9.15 Å². The first kappa shape index (κ1) is 30.8. The minimum Gasteiger partial charge on any atom is -0.507 e. The number of phenolic OH excluding ortho intramolecular Hbond substituents is 2. The fraction of sp³-hybridized carbons (Fsp3) is 0.0476. The molecule has 0 radical (unpaired) electrons. The van der Waals surface area contributed by atoms with E-state index in [2.05, 4.69) is 0 Å². The zero-order chi connectivity index (χ0) is 36.0. The van der Waals surface area contributed by atoms with E-state index in [0.29, 0.717) is 54.8 Å². The molecule has 1 atom stereocenters. The predicted molar refractivity (Wildman–Crippen MR) is 192 cm³/mol. The van der Waals surface area contributed by atoms with Crippen LogP contribution in [0.2, 0.25) is 0 Å². The number of carbonyl (C=O) groups excluding carboxylic acids is 1. The Balaban J connectivity index is 1.45. The molecule has 0 saturated carbocycles. The van der Waals surface area contributed by atoms with Gasteiger partial charge in [0.05, 0.1) is 17.5 Å². The summed E-state index contributed by atoms with van der Waals surface area (Å²) < 4.78 is 12.4. The summed E-state index contributed by atoms with van der Waals surface area (Å²) in [7, 11) is 0. The summed E-state index contributed by atoms with van der Waals surface area (Å²) in [6.45, 7) is 0. The summed E-state index contributed by atoms with van der Waals surface area (Å²) in [5, 5.41) is 46.0. The topological polar surface area (TPSA) is 172 Å². The zero-order valence-corrected chi connectivity index (χ0v) is 26.8. The number of ketones is 1. The molecule has 0 aromatic heterocycles. The summed E-state index contributed by atoms with van der Waals surface area (Å²) in [6.07, 6.45) is 2.06. The van der Waals surface area contributed by atoms with Gasteiger partial charge in [-0.05, 0) is 52.2 Å². The molecule has 10 heteroatoms. The van der Waals surface area contributed by atoms with Crippen molar-refractivity contribution < 1.29 is 44.0 Å². The molecule has 4 aliphatic rings. The van der Waals surface area contributed by atoms with Gasteiger partial charge < -0.3 is 29.6 Å². The molecule has 0 fully saturated rings. The average molecular weight is 689 g/mol. The maximum Gasteiger partial charge on any atom is 0.336 e.